The Balaban J connectivity index is 0.784. The van der Waals surface area contributed by atoms with Gasteiger partial charge in [-0.3, -0.25) is 27.6 Å². The molecule has 374 valence electrons. The Hall–Kier alpha value is -5.30. The largest absolute Gasteiger partial charge is 0.472 e. The minimum Gasteiger partial charge on any atom is -0.396 e. The average Bonchev–Trinajstić information content (AvgIpc) is 3.98. The fourth-order valence-electron chi connectivity index (χ4n) is 10.4. The summed E-state index contributed by atoms with van der Waals surface area (Å²) in [5, 5.41) is 23.0. The number of amidine groups is 1. The summed E-state index contributed by atoms with van der Waals surface area (Å²) in [7, 11) is -14.9. The first kappa shape index (κ1) is 48.9. The molecule has 0 aromatic heterocycles. The lowest BCUT2D eigenvalue weighted by Gasteiger charge is -2.30. The molecule has 0 radical (unpaired) electrons. The molecule has 7 N–H and O–H groups in total. The fourth-order valence-corrected chi connectivity index (χ4v) is 12.6. The molecule has 19 nitrogen and oxygen atoms in total. The molecule has 1 fully saturated rings. The minimum absolute atomic E-state index is 0.111. The number of aliphatic hydroxyl groups is 1. The number of nitrogens with zero attached hydrogens (tertiary/aromatic N) is 4. The number of phosphoric acid groups is 3. The molecule has 1 saturated heterocycles. The zero-order valence-electron chi connectivity index (χ0n) is 38.4. The van der Waals surface area contributed by atoms with E-state index in [0.29, 0.717) is 6.42 Å². The van der Waals surface area contributed by atoms with E-state index in [9.17, 15) is 38.4 Å². The molecule has 9 unspecified atom stereocenters. The first-order chi connectivity index (χ1) is 34.6. The summed E-state index contributed by atoms with van der Waals surface area (Å²) in [5.74, 6) is -1.26. The van der Waals surface area contributed by atoms with Gasteiger partial charge in [-0.05, 0) is 88.6 Å². The fraction of sp³-hybridized carbons (Fsp3) is 0.300. The molecule has 72 heavy (non-hydrogen) atoms. The van der Waals surface area contributed by atoms with Crippen molar-refractivity contribution in [3.05, 3.63) is 120 Å². The normalized spacial score (nSPS) is 22.9. The van der Waals surface area contributed by atoms with Crippen LogP contribution in [-0.4, -0.2) is 112 Å². The summed E-state index contributed by atoms with van der Waals surface area (Å²) in [5.41, 5.74) is 7.81. The van der Waals surface area contributed by atoms with Crippen LogP contribution in [0, 0.1) is 11.8 Å². The number of fused-ring (bicyclic) bond motifs is 1. The lowest BCUT2D eigenvalue weighted by Crippen LogP contribution is -2.47. The molecule has 8 aromatic rings. The molecular formula is C50H50N5O14P3. The first-order valence-corrected chi connectivity index (χ1v) is 27.8. The van der Waals surface area contributed by atoms with Crippen molar-refractivity contribution in [1.82, 2.24) is 4.90 Å². The highest BCUT2D eigenvalue weighted by molar-refractivity contribution is 7.47. The number of rotatable bonds is 20. The molecule has 0 aliphatic carbocycles. The van der Waals surface area contributed by atoms with Crippen molar-refractivity contribution < 1.29 is 65.7 Å². The molecule has 8 aromatic carbocycles. The van der Waals surface area contributed by atoms with Gasteiger partial charge in [0.05, 0.1) is 32.8 Å². The Labute approximate surface area is 411 Å². The Morgan fingerprint density at radius 3 is 1.74 bits per heavy atom. The molecular weight excluding hydrogens is 987 g/mol. The molecule has 0 bridgehead atoms. The zero-order valence-corrected chi connectivity index (χ0v) is 41.0. The highest BCUT2D eigenvalue weighted by Crippen LogP contribution is 2.51. The average molecular weight is 1040 g/mol. The van der Waals surface area contributed by atoms with Crippen molar-refractivity contribution in [2.45, 2.75) is 49.9 Å². The number of ether oxygens (including phenoxy) is 1. The smallest absolute Gasteiger partial charge is 0.396 e. The van der Waals surface area contributed by atoms with Crippen molar-refractivity contribution in [3.63, 3.8) is 0 Å². The number of phosphoric ester groups is 3. The van der Waals surface area contributed by atoms with E-state index in [-0.39, 0.29) is 31.9 Å². The van der Waals surface area contributed by atoms with Crippen molar-refractivity contribution in [3.8, 4) is 0 Å². The van der Waals surface area contributed by atoms with Crippen LogP contribution < -0.4 is 5.73 Å². The van der Waals surface area contributed by atoms with Gasteiger partial charge in [-0.15, -0.1) is 0 Å². The van der Waals surface area contributed by atoms with Gasteiger partial charge < -0.3 is 40.1 Å². The standard InChI is InChI=1S/C50H50N5O14P3/c51-49-48-50(53-27-52-49)55(28-54-48)43-21-41(42(68-43)26-67-71(60,61)65-23-29(22-56)19-37-13-11-35-9-7-31-3-1-5-33-15-17-39(37)46(35)44(31)33)69-72(62,63)66-25-30(24-64-70(57,58)59)20-38-14-12-36-10-8-32-4-2-6-34-16-18-40(38)47(36)45(32)34/h1-18,27-30,41-43,48,50,56H,19-26H2,(H,60,61)(H,62,63)(H2,51,52,53)(H2,57,58,59). The second kappa shape index (κ2) is 19.5. The van der Waals surface area contributed by atoms with Gasteiger partial charge in [0.2, 0.25) is 0 Å². The quantitative estimate of drug-likeness (QED) is 0.0314. The van der Waals surface area contributed by atoms with Crippen molar-refractivity contribution in [2.75, 3.05) is 33.0 Å². The molecule has 9 atom stereocenters. The van der Waals surface area contributed by atoms with Crippen LogP contribution in [0.4, 0.5) is 0 Å². The number of nitrogens with two attached hydrogens (primary N) is 1. The van der Waals surface area contributed by atoms with E-state index in [1.54, 1.807) is 4.90 Å². The van der Waals surface area contributed by atoms with Gasteiger partial charge in [-0.1, -0.05) is 109 Å². The topological polar surface area (TPSA) is 274 Å². The SMILES string of the molecule is NC1=NC=NC2C1N=CN2C1CC(OP(=O)(O)OCC(COP(=O)(O)O)Cc2ccc3ccc4cccc5ccc2c3c45)C(COP(=O)(O)OCC(CO)Cc2ccc3ccc4cccc5ccc2c3c45)O1. The lowest BCUT2D eigenvalue weighted by molar-refractivity contribution is -0.0635. The Kier molecular flexibility index (Phi) is 13.3. The molecule has 3 aliphatic heterocycles. The van der Waals surface area contributed by atoms with E-state index in [0.717, 1.165) is 75.8 Å². The summed E-state index contributed by atoms with van der Waals surface area (Å²) in [6.45, 7) is -2.45. The van der Waals surface area contributed by atoms with Gasteiger partial charge >= 0.3 is 23.5 Å². The second-order valence-electron chi connectivity index (χ2n) is 18.5. The van der Waals surface area contributed by atoms with E-state index in [1.165, 1.54) is 12.7 Å². The van der Waals surface area contributed by atoms with Gasteiger partial charge in [-0.25, -0.2) is 23.7 Å². The maximum absolute atomic E-state index is 13.9. The van der Waals surface area contributed by atoms with Crippen LogP contribution >= 0.6 is 23.5 Å². The number of aliphatic hydroxyl groups excluding tert-OH is 1. The van der Waals surface area contributed by atoms with Gasteiger partial charge in [-0.2, -0.15) is 0 Å². The van der Waals surface area contributed by atoms with Gasteiger partial charge in [0.25, 0.3) is 0 Å². The second-order valence-corrected chi connectivity index (χ2v) is 22.6. The highest BCUT2D eigenvalue weighted by atomic mass is 31.2. The van der Waals surface area contributed by atoms with E-state index >= 15 is 0 Å². The Bertz CT molecular complexity index is 3540. The van der Waals surface area contributed by atoms with Crippen molar-refractivity contribution >= 4 is 107 Å². The first-order valence-electron chi connectivity index (χ1n) is 23.3. The number of hydrogen-bond acceptors (Lipinski definition) is 15. The minimum atomic E-state index is -5.06. The maximum atomic E-state index is 13.9. The summed E-state index contributed by atoms with van der Waals surface area (Å²) in [6, 6.07) is 35.7. The lowest BCUT2D eigenvalue weighted by atomic mass is 9.89. The summed E-state index contributed by atoms with van der Waals surface area (Å²) in [6.07, 6.45) is -1.09. The predicted molar refractivity (Wildman–Crippen MR) is 273 cm³/mol. The van der Waals surface area contributed by atoms with Crippen LogP contribution in [0.1, 0.15) is 17.5 Å². The molecule has 11 rings (SSSR count). The monoisotopic (exact) mass is 1040 g/mol. The number of benzene rings is 8. The van der Waals surface area contributed by atoms with Gasteiger partial charge in [0.15, 0.2) is 6.17 Å². The third-order valence-electron chi connectivity index (χ3n) is 13.8. The van der Waals surface area contributed by atoms with E-state index in [4.69, 9.17) is 33.1 Å². The van der Waals surface area contributed by atoms with Gasteiger partial charge in [0, 0.05) is 24.9 Å². The van der Waals surface area contributed by atoms with E-state index in [2.05, 4.69) is 45.3 Å². The Morgan fingerprint density at radius 1 is 0.639 bits per heavy atom. The van der Waals surface area contributed by atoms with Crippen LogP contribution in [0.5, 0.6) is 0 Å². The van der Waals surface area contributed by atoms with Crippen LogP contribution in [0.15, 0.2) is 124 Å². The summed E-state index contributed by atoms with van der Waals surface area (Å²) >= 11 is 0. The third kappa shape index (κ3) is 9.92. The molecule has 0 spiro atoms. The molecule has 0 saturated carbocycles. The molecule has 22 heteroatoms. The number of hydrogen-bond donors (Lipinski definition) is 6. The van der Waals surface area contributed by atoms with E-state index in [1.807, 2.05) is 78.9 Å². The molecule has 0 amide bonds. The van der Waals surface area contributed by atoms with Gasteiger partial charge in [0.1, 0.15) is 36.7 Å². The highest BCUT2D eigenvalue weighted by Gasteiger charge is 2.48. The number of aliphatic imine (C=N–C) groups is 3. The third-order valence-corrected chi connectivity index (χ3v) is 16.2. The maximum Gasteiger partial charge on any atom is 0.472 e. The van der Waals surface area contributed by atoms with Crippen molar-refractivity contribution in [1.29, 1.82) is 0 Å². The predicted octanol–water partition coefficient (Wildman–Crippen LogP) is 7.79. The van der Waals surface area contributed by atoms with Crippen LogP contribution in [0.25, 0.3) is 64.6 Å². The Morgan fingerprint density at radius 2 is 1.15 bits per heavy atom. The van der Waals surface area contributed by atoms with Crippen LogP contribution in [0.2, 0.25) is 0 Å². The molecule has 3 heterocycles. The molecule has 3 aliphatic rings. The van der Waals surface area contributed by atoms with Crippen molar-refractivity contribution in [2.24, 2.45) is 32.5 Å². The zero-order chi connectivity index (χ0) is 49.9. The van der Waals surface area contributed by atoms with Crippen LogP contribution in [0.3, 0.4) is 0 Å². The summed E-state index contributed by atoms with van der Waals surface area (Å²) in [4.78, 5) is 56.1. The van der Waals surface area contributed by atoms with E-state index < -0.39 is 85.8 Å². The van der Waals surface area contributed by atoms with Crippen LogP contribution in [-0.2, 0) is 53.9 Å². The summed E-state index contributed by atoms with van der Waals surface area (Å²) < 4.78 is 72.8.